The molecule has 0 aliphatic rings. The van der Waals surface area contributed by atoms with Gasteiger partial charge in [0.05, 0.1) is 11.6 Å². The first-order valence-corrected chi connectivity index (χ1v) is 7.32. The van der Waals surface area contributed by atoms with E-state index >= 15 is 0 Å². The van der Waals surface area contributed by atoms with E-state index in [1.54, 1.807) is 0 Å². The minimum absolute atomic E-state index is 0.0153. The Bertz CT molecular complexity index is 403. The summed E-state index contributed by atoms with van der Waals surface area (Å²) in [5.41, 5.74) is 1.64. The number of nitrogens with one attached hydrogen (secondary N) is 1. The van der Waals surface area contributed by atoms with Gasteiger partial charge in [0.1, 0.15) is 5.76 Å². The number of carbonyl (C=O) groups is 1. The molecule has 5 heteroatoms. The average Bonchev–Trinajstić information content (AvgIpc) is 2.75. The fourth-order valence-electron chi connectivity index (χ4n) is 2.58. The Morgan fingerprint density at radius 1 is 1.40 bits per heavy atom. The third kappa shape index (κ3) is 4.34. The molecule has 0 radical (unpaired) electrons. The molecule has 20 heavy (non-hydrogen) atoms. The lowest BCUT2D eigenvalue weighted by atomic mass is 9.97. The Morgan fingerprint density at radius 3 is 2.60 bits per heavy atom. The van der Waals surface area contributed by atoms with E-state index in [1.165, 1.54) is 0 Å². The van der Waals surface area contributed by atoms with E-state index in [2.05, 4.69) is 17.4 Å². The number of hydrogen-bond acceptors (Lipinski definition) is 4. The molecule has 0 fully saturated rings. The van der Waals surface area contributed by atoms with Crippen LogP contribution in [0.2, 0.25) is 0 Å². The van der Waals surface area contributed by atoms with Crippen molar-refractivity contribution in [2.75, 3.05) is 13.2 Å². The van der Waals surface area contributed by atoms with Gasteiger partial charge in [-0.2, -0.15) is 0 Å². The van der Waals surface area contributed by atoms with Gasteiger partial charge in [0, 0.05) is 18.7 Å². The van der Waals surface area contributed by atoms with E-state index in [0.717, 1.165) is 30.5 Å². The number of aromatic nitrogens is 1. The highest BCUT2D eigenvalue weighted by Gasteiger charge is 2.23. The van der Waals surface area contributed by atoms with Gasteiger partial charge in [0.25, 0.3) is 0 Å². The smallest absolute Gasteiger partial charge is 0.227 e. The van der Waals surface area contributed by atoms with Crippen LogP contribution in [0.5, 0.6) is 0 Å². The Morgan fingerprint density at radius 2 is 2.10 bits per heavy atom. The molecule has 2 unspecified atom stereocenters. The van der Waals surface area contributed by atoms with Crippen LogP contribution in [0.4, 0.5) is 0 Å². The maximum absolute atomic E-state index is 12.2. The van der Waals surface area contributed by atoms with E-state index in [0.29, 0.717) is 18.2 Å². The van der Waals surface area contributed by atoms with Crippen molar-refractivity contribution in [2.45, 2.75) is 52.9 Å². The van der Waals surface area contributed by atoms with Gasteiger partial charge in [-0.3, -0.25) is 4.79 Å². The summed E-state index contributed by atoms with van der Waals surface area (Å²) in [6, 6.07) is 0. The first kappa shape index (κ1) is 16.7. The zero-order valence-corrected chi connectivity index (χ0v) is 12.9. The molecule has 2 N–H and O–H groups in total. The summed E-state index contributed by atoms with van der Waals surface area (Å²) in [5.74, 6) is 0.757. The second-order valence-corrected chi connectivity index (χ2v) is 5.37. The van der Waals surface area contributed by atoms with Gasteiger partial charge >= 0.3 is 0 Å². The normalized spacial score (nSPS) is 14.1. The Hall–Kier alpha value is -1.36. The maximum Gasteiger partial charge on any atom is 0.227 e. The molecule has 1 amide bonds. The van der Waals surface area contributed by atoms with Crippen molar-refractivity contribution in [1.29, 1.82) is 0 Å². The van der Waals surface area contributed by atoms with Crippen LogP contribution in [0.3, 0.4) is 0 Å². The lowest BCUT2D eigenvalue weighted by Crippen LogP contribution is -2.33. The molecule has 1 rings (SSSR count). The number of aliphatic hydroxyl groups is 1. The van der Waals surface area contributed by atoms with Gasteiger partial charge in [-0.1, -0.05) is 18.5 Å². The number of amides is 1. The molecular formula is C15H26N2O3. The summed E-state index contributed by atoms with van der Waals surface area (Å²) >= 11 is 0. The van der Waals surface area contributed by atoms with E-state index < -0.39 is 0 Å². The van der Waals surface area contributed by atoms with Crippen molar-refractivity contribution in [3.63, 3.8) is 0 Å². The molecule has 0 saturated heterocycles. The average molecular weight is 282 g/mol. The Labute approximate surface area is 120 Å². The molecular weight excluding hydrogens is 256 g/mol. The molecule has 0 bridgehead atoms. The van der Waals surface area contributed by atoms with Gasteiger partial charge in [-0.25, -0.2) is 0 Å². The molecule has 0 saturated carbocycles. The number of rotatable bonds is 8. The predicted octanol–water partition coefficient (Wildman–Crippen LogP) is 2.31. The SMILES string of the molecule is CCCC(CCO)CNC(=O)C(C)c1c(C)noc1C. The van der Waals surface area contributed by atoms with Crippen LogP contribution in [0, 0.1) is 19.8 Å². The molecule has 0 aromatic carbocycles. The highest BCUT2D eigenvalue weighted by Crippen LogP contribution is 2.23. The van der Waals surface area contributed by atoms with Crippen molar-refractivity contribution in [2.24, 2.45) is 5.92 Å². The summed E-state index contributed by atoms with van der Waals surface area (Å²) in [4.78, 5) is 12.2. The first-order chi connectivity index (χ1) is 9.51. The molecule has 1 aromatic rings. The lowest BCUT2D eigenvalue weighted by Gasteiger charge is -2.18. The van der Waals surface area contributed by atoms with Crippen molar-refractivity contribution in [3.8, 4) is 0 Å². The molecule has 114 valence electrons. The standard InChI is InChI=1S/C15H26N2O3/c1-5-6-13(7-8-18)9-16-15(19)10(2)14-11(3)17-20-12(14)4/h10,13,18H,5-9H2,1-4H3,(H,16,19). The van der Waals surface area contributed by atoms with Gasteiger partial charge in [0.15, 0.2) is 0 Å². The van der Waals surface area contributed by atoms with Crippen molar-refractivity contribution in [1.82, 2.24) is 10.5 Å². The third-order valence-corrected chi connectivity index (χ3v) is 3.71. The monoisotopic (exact) mass is 282 g/mol. The van der Waals surface area contributed by atoms with Crippen LogP contribution >= 0.6 is 0 Å². The van der Waals surface area contributed by atoms with Crippen molar-refractivity contribution in [3.05, 3.63) is 17.0 Å². The number of hydrogen-bond donors (Lipinski definition) is 2. The number of carbonyl (C=O) groups excluding carboxylic acids is 1. The number of nitrogens with zero attached hydrogens (tertiary/aromatic N) is 1. The molecule has 5 nitrogen and oxygen atoms in total. The van der Waals surface area contributed by atoms with Crippen molar-refractivity contribution < 1.29 is 14.4 Å². The summed E-state index contributed by atoms with van der Waals surface area (Å²) < 4.78 is 5.11. The molecule has 0 aliphatic carbocycles. The van der Waals surface area contributed by atoms with Crippen LogP contribution in [-0.2, 0) is 4.79 Å². The Balaban J connectivity index is 2.57. The second-order valence-electron chi connectivity index (χ2n) is 5.37. The summed E-state index contributed by atoms with van der Waals surface area (Å²) in [7, 11) is 0. The van der Waals surface area contributed by atoms with Gasteiger partial charge in [0.2, 0.25) is 5.91 Å². The number of aryl methyl sites for hydroxylation is 2. The van der Waals surface area contributed by atoms with Crippen molar-refractivity contribution >= 4 is 5.91 Å². The van der Waals surface area contributed by atoms with Gasteiger partial charge in [-0.15, -0.1) is 0 Å². The van der Waals surface area contributed by atoms with Crippen LogP contribution in [-0.4, -0.2) is 29.3 Å². The first-order valence-electron chi connectivity index (χ1n) is 7.32. The summed E-state index contributed by atoms with van der Waals surface area (Å²) in [5, 5.41) is 15.9. The van der Waals surface area contributed by atoms with E-state index in [9.17, 15) is 4.79 Å². The molecule has 1 aromatic heterocycles. The quantitative estimate of drug-likeness (QED) is 0.767. The zero-order chi connectivity index (χ0) is 15.1. The van der Waals surface area contributed by atoms with Crippen LogP contribution in [0.15, 0.2) is 4.52 Å². The van der Waals surface area contributed by atoms with Crippen LogP contribution in [0.1, 0.15) is 56.0 Å². The maximum atomic E-state index is 12.2. The summed E-state index contributed by atoms with van der Waals surface area (Å²) in [6.45, 7) is 8.42. The highest BCUT2D eigenvalue weighted by atomic mass is 16.5. The largest absolute Gasteiger partial charge is 0.396 e. The molecule has 1 heterocycles. The van der Waals surface area contributed by atoms with Gasteiger partial charge < -0.3 is 14.9 Å². The van der Waals surface area contributed by atoms with Gasteiger partial charge in [-0.05, 0) is 39.5 Å². The molecule has 2 atom stereocenters. The lowest BCUT2D eigenvalue weighted by molar-refractivity contribution is -0.122. The molecule has 0 spiro atoms. The summed E-state index contributed by atoms with van der Waals surface area (Å²) in [6.07, 6.45) is 2.80. The fourth-order valence-corrected chi connectivity index (χ4v) is 2.58. The minimum atomic E-state index is -0.266. The Kier molecular flexibility index (Phi) is 6.71. The van der Waals surface area contributed by atoms with Crippen LogP contribution in [0.25, 0.3) is 0 Å². The zero-order valence-electron chi connectivity index (χ0n) is 12.9. The fraction of sp³-hybridized carbons (Fsp3) is 0.733. The minimum Gasteiger partial charge on any atom is -0.396 e. The highest BCUT2D eigenvalue weighted by molar-refractivity contribution is 5.83. The van der Waals surface area contributed by atoms with E-state index in [-0.39, 0.29) is 18.4 Å². The topological polar surface area (TPSA) is 75.4 Å². The number of aliphatic hydroxyl groups excluding tert-OH is 1. The predicted molar refractivity (Wildman–Crippen MR) is 77.5 cm³/mol. The van der Waals surface area contributed by atoms with E-state index in [1.807, 2.05) is 20.8 Å². The van der Waals surface area contributed by atoms with Crippen LogP contribution < -0.4 is 5.32 Å². The van der Waals surface area contributed by atoms with E-state index in [4.69, 9.17) is 9.63 Å². The third-order valence-electron chi connectivity index (χ3n) is 3.71. The second kappa shape index (κ2) is 8.04. The molecule has 0 aliphatic heterocycles.